The van der Waals surface area contributed by atoms with E-state index in [1.54, 1.807) is 0 Å². The average molecular weight is 500 g/mol. The topological polar surface area (TPSA) is 79.2 Å². The van der Waals surface area contributed by atoms with Crippen molar-refractivity contribution in [2.75, 3.05) is 24.2 Å². The van der Waals surface area contributed by atoms with Crippen LogP contribution in [0, 0.1) is 0 Å². The Morgan fingerprint density at radius 3 is 1.82 bits per heavy atom. The Kier molecular flexibility index (Phi) is 9.01. The molecule has 2 aromatic rings. The maximum Gasteiger partial charge on any atom is 0.119 e. The summed E-state index contributed by atoms with van der Waals surface area (Å²) >= 11 is 2.16. The fourth-order valence-corrected chi connectivity index (χ4v) is 3.18. The van der Waals surface area contributed by atoms with Gasteiger partial charge in [-0.15, -0.1) is 0 Å². The SMILES string of the molecule is CC(C)(c1ccc(OCCC(O)CI)cc1)c1ccc(OCC(O)CO)cc1. The van der Waals surface area contributed by atoms with Crippen molar-refractivity contribution in [3.05, 3.63) is 59.7 Å². The van der Waals surface area contributed by atoms with Gasteiger partial charge in [0.05, 0.1) is 19.3 Å². The molecule has 0 aliphatic carbocycles. The van der Waals surface area contributed by atoms with Gasteiger partial charge in [0.2, 0.25) is 0 Å². The van der Waals surface area contributed by atoms with E-state index in [1.165, 1.54) is 0 Å². The number of halogens is 1. The Labute approximate surface area is 180 Å². The number of ether oxygens (including phenoxy) is 2. The van der Waals surface area contributed by atoms with Crippen molar-refractivity contribution in [3.63, 3.8) is 0 Å². The molecule has 154 valence electrons. The van der Waals surface area contributed by atoms with E-state index in [1.807, 2.05) is 36.4 Å². The van der Waals surface area contributed by atoms with Crippen molar-refractivity contribution in [2.24, 2.45) is 0 Å². The average Bonchev–Trinajstić information content (AvgIpc) is 2.72. The summed E-state index contributed by atoms with van der Waals surface area (Å²) in [5.74, 6) is 1.45. The van der Waals surface area contributed by atoms with Crippen molar-refractivity contribution in [1.29, 1.82) is 0 Å². The molecule has 0 radical (unpaired) electrons. The lowest BCUT2D eigenvalue weighted by Crippen LogP contribution is -2.21. The van der Waals surface area contributed by atoms with Crippen LogP contribution in [0.25, 0.3) is 0 Å². The van der Waals surface area contributed by atoms with Crippen LogP contribution >= 0.6 is 22.6 Å². The third kappa shape index (κ3) is 6.62. The molecule has 3 N–H and O–H groups in total. The summed E-state index contributed by atoms with van der Waals surface area (Å²) < 4.78 is 11.9. The number of aliphatic hydroxyl groups excluding tert-OH is 3. The van der Waals surface area contributed by atoms with E-state index in [9.17, 15) is 10.2 Å². The monoisotopic (exact) mass is 500 g/mol. The van der Waals surface area contributed by atoms with Gasteiger partial charge in [0, 0.05) is 16.3 Å². The summed E-state index contributed by atoms with van der Waals surface area (Å²) in [5, 5.41) is 27.8. The molecule has 6 heteroatoms. The molecule has 0 bridgehead atoms. The summed E-state index contributed by atoms with van der Waals surface area (Å²) in [7, 11) is 0. The summed E-state index contributed by atoms with van der Waals surface area (Å²) in [5.41, 5.74) is 2.11. The molecule has 28 heavy (non-hydrogen) atoms. The minimum Gasteiger partial charge on any atom is -0.493 e. The van der Waals surface area contributed by atoms with Crippen LogP contribution in [-0.4, -0.2) is 51.8 Å². The fourth-order valence-electron chi connectivity index (χ4n) is 2.74. The molecule has 0 aliphatic heterocycles. The van der Waals surface area contributed by atoms with E-state index in [2.05, 4.69) is 48.6 Å². The molecule has 0 spiro atoms. The highest BCUT2D eigenvalue weighted by Crippen LogP contribution is 2.33. The van der Waals surface area contributed by atoms with E-state index in [0.29, 0.717) is 23.2 Å². The third-order valence-corrected chi connectivity index (χ3v) is 5.72. The molecule has 0 fully saturated rings. The normalized spacial score (nSPS) is 13.8. The number of benzene rings is 2. The van der Waals surface area contributed by atoms with Crippen molar-refractivity contribution in [3.8, 4) is 11.5 Å². The minimum absolute atomic E-state index is 0.0650. The molecule has 0 saturated heterocycles. The van der Waals surface area contributed by atoms with E-state index in [0.717, 1.165) is 16.9 Å². The summed E-state index contributed by atoms with van der Waals surface area (Å²) in [6.45, 7) is 4.56. The zero-order chi connectivity index (χ0) is 20.6. The molecule has 2 rings (SSSR count). The highest BCUT2D eigenvalue weighted by molar-refractivity contribution is 14.1. The molecule has 2 atom stereocenters. The molecular weight excluding hydrogens is 471 g/mol. The first-order valence-electron chi connectivity index (χ1n) is 9.36. The lowest BCUT2D eigenvalue weighted by Gasteiger charge is -2.26. The lowest BCUT2D eigenvalue weighted by atomic mass is 9.78. The van der Waals surface area contributed by atoms with Crippen LogP contribution in [0.5, 0.6) is 11.5 Å². The summed E-state index contributed by atoms with van der Waals surface area (Å²) in [6.07, 6.45) is -0.570. The number of aliphatic hydroxyl groups is 3. The Balaban J connectivity index is 1.99. The molecule has 2 aromatic carbocycles. The van der Waals surface area contributed by atoms with E-state index in [-0.39, 0.29) is 24.7 Å². The molecular formula is C22H29IO5. The van der Waals surface area contributed by atoms with Crippen LogP contribution in [0.4, 0.5) is 0 Å². The van der Waals surface area contributed by atoms with Gasteiger partial charge >= 0.3 is 0 Å². The van der Waals surface area contributed by atoms with Crippen LogP contribution in [-0.2, 0) is 5.41 Å². The second-order valence-corrected chi connectivity index (χ2v) is 8.15. The minimum atomic E-state index is -0.873. The van der Waals surface area contributed by atoms with Gasteiger partial charge in [-0.1, -0.05) is 60.7 Å². The van der Waals surface area contributed by atoms with Gasteiger partial charge < -0.3 is 24.8 Å². The largest absolute Gasteiger partial charge is 0.493 e. The van der Waals surface area contributed by atoms with Crippen molar-refractivity contribution in [2.45, 2.75) is 37.9 Å². The predicted molar refractivity (Wildman–Crippen MR) is 119 cm³/mol. The van der Waals surface area contributed by atoms with Crippen LogP contribution < -0.4 is 9.47 Å². The van der Waals surface area contributed by atoms with Gasteiger partial charge in [-0.25, -0.2) is 0 Å². The summed E-state index contributed by atoms with van der Waals surface area (Å²) in [4.78, 5) is 0. The Bertz CT molecular complexity index is 700. The van der Waals surface area contributed by atoms with Crippen LogP contribution in [0.15, 0.2) is 48.5 Å². The standard InChI is InChI=1S/C22H29IO5/c1-22(2,17-5-9-21(10-6-17)28-15-19(26)14-24)16-3-7-20(8-4-16)27-12-11-18(25)13-23/h3-10,18-19,24-26H,11-15H2,1-2H3. The van der Waals surface area contributed by atoms with Gasteiger partial charge in [0.1, 0.15) is 24.2 Å². The zero-order valence-electron chi connectivity index (χ0n) is 16.3. The van der Waals surface area contributed by atoms with Gasteiger partial charge in [-0.3, -0.25) is 0 Å². The predicted octanol–water partition coefficient (Wildman–Crippen LogP) is 3.31. The van der Waals surface area contributed by atoms with Gasteiger partial charge in [-0.05, 0) is 35.4 Å². The quantitative estimate of drug-likeness (QED) is 0.326. The zero-order valence-corrected chi connectivity index (χ0v) is 18.5. The first kappa shape index (κ1) is 22.9. The molecule has 0 heterocycles. The maximum atomic E-state index is 9.59. The number of hydrogen-bond acceptors (Lipinski definition) is 5. The number of rotatable bonds is 11. The fraction of sp³-hybridized carbons (Fsp3) is 0.455. The lowest BCUT2D eigenvalue weighted by molar-refractivity contribution is 0.0536. The molecule has 5 nitrogen and oxygen atoms in total. The first-order chi connectivity index (χ1) is 13.4. The second-order valence-electron chi connectivity index (χ2n) is 7.27. The highest BCUT2D eigenvalue weighted by Gasteiger charge is 2.23. The summed E-state index contributed by atoms with van der Waals surface area (Å²) in [6, 6.07) is 15.8. The Morgan fingerprint density at radius 1 is 0.857 bits per heavy atom. The van der Waals surface area contributed by atoms with E-state index in [4.69, 9.17) is 14.6 Å². The number of hydrogen-bond donors (Lipinski definition) is 3. The second kappa shape index (κ2) is 11.0. The van der Waals surface area contributed by atoms with Crippen LogP contribution in [0.3, 0.4) is 0 Å². The smallest absolute Gasteiger partial charge is 0.119 e. The molecule has 2 unspecified atom stereocenters. The van der Waals surface area contributed by atoms with Gasteiger partial charge in [0.25, 0.3) is 0 Å². The van der Waals surface area contributed by atoms with Crippen molar-refractivity contribution >= 4 is 22.6 Å². The van der Waals surface area contributed by atoms with Gasteiger partial charge in [0.15, 0.2) is 0 Å². The Hall–Kier alpha value is -1.35. The first-order valence-corrected chi connectivity index (χ1v) is 10.9. The van der Waals surface area contributed by atoms with E-state index >= 15 is 0 Å². The molecule has 0 aliphatic rings. The van der Waals surface area contributed by atoms with Crippen molar-refractivity contribution < 1.29 is 24.8 Å². The molecule has 0 saturated carbocycles. The van der Waals surface area contributed by atoms with E-state index < -0.39 is 6.10 Å². The van der Waals surface area contributed by atoms with Crippen molar-refractivity contribution in [1.82, 2.24) is 0 Å². The maximum absolute atomic E-state index is 9.59. The number of alkyl halides is 1. The molecule has 0 amide bonds. The highest BCUT2D eigenvalue weighted by atomic mass is 127. The van der Waals surface area contributed by atoms with Crippen LogP contribution in [0.1, 0.15) is 31.4 Å². The molecule has 0 aromatic heterocycles. The van der Waals surface area contributed by atoms with Gasteiger partial charge in [-0.2, -0.15) is 0 Å². The van der Waals surface area contributed by atoms with Crippen LogP contribution in [0.2, 0.25) is 0 Å². The Morgan fingerprint density at radius 2 is 1.36 bits per heavy atom. The third-order valence-electron chi connectivity index (χ3n) is 4.70.